The van der Waals surface area contributed by atoms with Crippen LogP contribution in [0.2, 0.25) is 0 Å². The minimum absolute atomic E-state index is 0.333. The van der Waals surface area contributed by atoms with E-state index in [0.717, 1.165) is 12.0 Å². The zero-order valence-electron chi connectivity index (χ0n) is 10.4. The van der Waals surface area contributed by atoms with Gasteiger partial charge in [0.15, 0.2) is 5.82 Å². The third-order valence-corrected chi connectivity index (χ3v) is 3.78. The summed E-state index contributed by atoms with van der Waals surface area (Å²) in [6.45, 7) is 0.333. The highest BCUT2D eigenvalue weighted by atomic mass is 16.4. The van der Waals surface area contributed by atoms with Crippen molar-refractivity contribution in [3.05, 3.63) is 30.3 Å². The van der Waals surface area contributed by atoms with Crippen LogP contribution in [0.4, 0.5) is 0 Å². The van der Waals surface area contributed by atoms with E-state index >= 15 is 0 Å². The van der Waals surface area contributed by atoms with Gasteiger partial charge in [0.05, 0.1) is 12.0 Å². The first-order valence-electron chi connectivity index (χ1n) is 6.26. The second-order valence-electron chi connectivity index (χ2n) is 4.97. The van der Waals surface area contributed by atoms with Crippen LogP contribution in [0, 0.1) is 5.41 Å². The fourth-order valence-electron chi connectivity index (χ4n) is 2.43. The molecule has 1 aliphatic carbocycles. The number of rotatable bonds is 4. The minimum Gasteiger partial charge on any atom is -0.481 e. The van der Waals surface area contributed by atoms with E-state index in [4.69, 9.17) is 0 Å². The molecule has 0 unspecified atom stereocenters. The Morgan fingerprint density at radius 2 is 2.05 bits per heavy atom. The smallest absolute Gasteiger partial charge is 0.311 e. The lowest BCUT2D eigenvalue weighted by Crippen LogP contribution is -2.42. The minimum atomic E-state index is -0.756. The second kappa shape index (κ2) is 4.46. The molecule has 1 saturated carbocycles. The molecule has 6 heteroatoms. The lowest BCUT2D eigenvalue weighted by molar-refractivity contribution is -0.156. The number of carboxylic acids is 1. The average molecular weight is 258 g/mol. The number of carbonyl (C=O) groups is 1. The molecule has 1 aromatic carbocycles. The van der Waals surface area contributed by atoms with E-state index in [2.05, 4.69) is 15.5 Å². The summed E-state index contributed by atoms with van der Waals surface area (Å²) in [5.41, 5.74) is 0.200. The molecular weight excluding hydrogens is 244 g/mol. The first-order chi connectivity index (χ1) is 9.21. The van der Waals surface area contributed by atoms with Gasteiger partial charge in [-0.1, -0.05) is 36.8 Å². The Labute approximate surface area is 110 Å². The van der Waals surface area contributed by atoms with Crippen LogP contribution in [0.3, 0.4) is 0 Å². The Bertz CT molecular complexity index is 590. The van der Waals surface area contributed by atoms with Crippen molar-refractivity contribution in [2.75, 3.05) is 0 Å². The van der Waals surface area contributed by atoms with Crippen molar-refractivity contribution in [3.8, 4) is 11.4 Å². The highest BCUT2D eigenvalue weighted by Gasteiger charge is 2.45. The predicted molar refractivity (Wildman–Crippen MR) is 67.2 cm³/mol. The molecule has 2 aromatic rings. The van der Waals surface area contributed by atoms with Gasteiger partial charge in [0.25, 0.3) is 0 Å². The standard InChI is InChI=1S/C13H14N4O2/c18-12(19)13(7-4-8-13)9-17-11(14-15-16-17)10-5-2-1-3-6-10/h1-3,5-6H,4,7-9H2,(H,18,19). The lowest BCUT2D eigenvalue weighted by atomic mass is 9.69. The van der Waals surface area contributed by atoms with E-state index in [1.807, 2.05) is 30.3 Å². The van der Waals surface area contributed by atoms with Crippen molar-refractivity contribution in [2.24, 2.45) is 5.41 Å². The molecule has 1 fully saturated rings. The summed E-state index contributed by atoms with van der Waals surface area (Å²) < 4.78 is 1.60. The molecule has 0 aliphatic heterocycles. The summed E-state index contributed by atoms with van der Waals surface area (Å²) in [7, 11) is 0. The fraction of sp³-hybridized carbons (Fsp3) is 0.385. The van der Waals surface area contributed by atoms with Crippen molar-refractivity contribution in [1.29, 1.82) is 0 Å². The molecule has 1 aromatic heterocycles. The fourth-order valence-corrected chi connectivity index (χ4v) is 2.43. The lowest BCUT2D eigenvalue weighted by Gasteiger charge is -2.37. The van der Waals surface area contributed by atoms with E-state index in [0.29, 0.717) is 25.2 Å². The maximum atomic E-state index is 11.4. The molecule has 1 heterocycles. The molecule has 0 amide bonds. The highest BCUT2D eigenvalue weighted by molar-refractivity contribution is 5.75. The normalized spacial score (nSPS) is 16.8. The quantitative estimate of drug-likeness (QED) is 0.900. The van der Waals surface area contributed by atoms with Gasteiger partial charge in [-0.25, -0.2) is 4.68 Å². The Kier molecular flexibility index (Phi) is 2.77. The van der Waals surface area contributed by atoms with Gasteiger partial charge < -0.3 is 5.11 Å². The van der Waals surface area contributed by atoms with Crippen LogP contribution in [0.25, 0.3) is 11.4 Å². The number of aliphatic carboxylic acids is 1. The van der Waals surface area contributed by atoms with Crippen LogP contribution < -0.4 is 0 Å². The van der Waals surface area contributed by atoms with Crippen molar-refractivity contribution >= 4 is 5.97 Å². The van der Waals surface area contributed by atoms with Crippen LogP contribution >= 0.6 is 0 Å². The van der Waals surface area contributed by atoms with E-state index in [1.165, 1.54) is 0 Å². The van der Waals surface area contributed by atoms with E-state index < -0.39 is 11.4 Å². The van der Waals surface area contributed by atoms with Crippen LogP contribution in [-0.4, -0.2) is 31.3 Å². The number of benzene rings is 1. The molecule has 98 valence electrons. The molecule has 1 aliphatic rings. The number of carboxylic acid groups (broad SMARTS) is 1. The first-order valence-corrected chi connectivity index (χ1v) is 6.26. The van der Waals surface area contributed by atoms with Gasteiger partial charge in [-0.2, -0.15) is 0 Å². The monoisotopic (exact) mass is 258 g/mol. The summed E-state index contributed by atoms with van der Waals surface area (Å²) >= 11 is 0. The molecule has 0 saturated heterocycles. The maximum absolute atomic E-state index is 11.4. The Balaban J connectivity index is 1.91. The van der Waals surface area contributed by atoms with Crippen molar-refractivity contribution in [2.45, 2.75) is 25.8 Å². The number of hydrogen-bond donors (Lipinski definition) is 1. The Morgan fingerprint density at radius 3 is 2.63 bits per heavy atom. The molecule has 3 rings (SSSR count). The van der Waals surface area contributed by atoms with Gasteiger partial charge in [0.2, 0.25) is 0 Å². The molecule has 19 heavy (non-hydrogen) atoms. The summed E-state index contributed by atoms with van der Waals surface area (Å²) in [6.07, 6.45) is 2.34. The van der Waals surface area contributed by atoms with Crippen molar-refractivity contribution in [3.63, 3.8) is 0 Å². The predicted octanol–water partition coefficient (Wildman–Crippen LogP) is 1.59. The van der Waals surface area contributed by atoms with E-state index in [-0.39, 0.29) is 0 Å². The van der Waals surface area contributed by atoms with Crippen LogP contribution in [0.1, 0.15) is 19.3 Å². The largest absolute Gasteiger partial charge is 0.481 e. The zero-order valence-corrected chi connectivity index (χ0v) is 10.4. The molecular formula is C13H14N4O2. The highest BCUT2D eigenvalue weighted by Crippen LogP contribution is 2.42. The van der Waals surface area contributed by atoms with Crippen LogP contribution in [0.5, 0.6) is 0 Å². The number of aromatic nitrogens is 4. The summed E-state index contributed by atoms with van der Waals surface area (Å²) in [5.74, 6) is -0.138. The second-order valence-corrected chi connectivity index (χ2v) is 4.97. The average Bonchev–Trinajstić information content (AvgIpc) is 2.82. The summed E-state index contributed by atoms with van der Waals surface area (Å²) in [6, 6.07) is 9.56. The Morgan fingerprint density at radius 1 is 1.32 bits per heavy atom. The van der Waals surface area contributed by atoms with Gasteiger partial charge in [0, 0.05) is 5.56 Å². The maximum Gasteiger partial charge on any atom is 0.311 e. The third kappa shape index (κ3) is 1.99. The molecule has 0 atom stereocenters. The topological polar surface area (TPSA) is 80.9 Å². The molecule has 6 nitrogen and oxygen atoms in total. The van der Waals surface area contributed by atoms with Crippen LogP contribution in [-0.2, 0) is 11.3 Å². The number of hydrogen-bond acceptors (Lipinski definition) is 4. The zero-order chi connectivity index (χ0) is 13.3. The Hall–Kier alpha value is -2.24. The third-order valence-electron chi connectivity index (χ3n) is 3.78. The van der Waals surface area contributed by atoms with Gasteiger partial charge in [-0.05, 0) is 23.3 Å². The van der Waals surface area contributed by atoms with Gasteiger partial charge in [-0.15, -0.1) is 5.10 Å². The molecule has 1 N–H and O–H groups in total. The molecule has 0 radical (unpaired) electrons. The van der Waals surface area contributed by atoms with E-state index in [9.17, 15) is 9.90 Å². The van der Waals surface area contributed by atoms with Gasteiger partial charge in [0.1, 0.15) is 0 Å². The van der Waals surface area contributed by atoms with Crippen molar-refractivity contribution < 1.29 is 9.90 Å². The SMILES string of the molecule is O=C(O)C1(Cn2nnnc2-c2ccccc2)CCC1. The van der Waals surface area contributed by atoms with Crippen LogP contribution in [0.15, 0.2) is 30.3 Å². The molecule has 0 bridgehead atoms. The van der Waals surface area contributed by atoms with E-state index in [1.54, 1.807) is 4.68 Å². The van der Waals surface area contributed by atoms with Crippen molar-refractivity contribution in [1.82, 2.24) is 20.2 Å². The molecule has 0 spiro atoms. The van der Waals surface area contributed by atoms with Gasteiger partial charge in [-0.3, -0.25) is 4.79 Å². The van der Waals surface area contributed by atoms with Gasteiger partial charge >= 0.3 is 5.97 Å². The first kappa shape index (κ1) is 11.8. The summed E-state index contributed by atoms with van der Waals surface area (Å²) in [4.78, 5) is 11.4. The number of tetrazole rings is 1. The number of nitrogens with zero attached hydrogens (tertiary/aromatic N) is 4. The summed E-state index contributed by atoms with van der Waals surface area (Å²) in [5, 5.41) is 21.0.